The minimum Gasteiger partial charge on any atom is -0.495 e. The molecule has 0 N–H and O–H groups in total. The maximum atomic E-state index is 13.1. The van der Waals surface area contributed by atoms with E-state index in [9.17, 15) is 29.3 Å². The van der Waals surface area contributed by atoms with E-state index in [0.29, 0.717) is 22.7 Å². The highest BCUT2D eigenvalue weighted by Crippen LogP contribution is 2.42. The van der Waals surface area contributed by atoms with Crippen molar-refractivity contribution in [3.8, 4) is 11.5 Å². The Morgan fingerprint density at radius 3 is 2.45 bits per heavy atom. The minimum atomic E-state index is -0.760. The predicted molar refractivity (Wildman–Crippen MR) is 135 cm³/mol. The summed E-state index contributed by atoms with van der Waals surface area (Å²) in [6.07, 6.45) is 2.63. The van der Waals surface area contributed by atoms with Crippen LogP contribution in [0.2, 0.25) is 0 Å². The van der Waals surface area contributed by atoms with E-state index in [2.05, 4.69) is 0 Å². The number of nitro benzene ring substituents is 1. The Morgan fingerprint density at radius 2 is 1.79 bits per heavy atom. The Hall–Kier alpha value is -4.91. The second-order valence-corrected chi connectivity index (χ2v) is 8.94. The number of nitrogens with zero attached hydrogens (tertiary/aromatic N) is 2. The van der Waals surface area contributed by atoms with Gasteiger partial charge < -0.3 is 18.3 Å². The van der Waals surface area contributed by atoms with Crippen LogP contribution in [0.3, 0.4) is 0 Å². The number of ether oxygens (including phenoxy) is 2. The molecule has 2 amide bonds. The van der Waals surface area contributed by atoms with E-state index < -0.39 is 33.8 Å². The smallest absolute Gasteiger partial charge is 0.293 e. The van der Waals surface area contributed by atoms with Gasteiger partial charge in [0, 0.05) is 29.8 Å². The zero-order chi connectivity index (χ0) is 27.1. The molecular formula is C25H16N2O10S. The molecule has 3 heterocycles. The third-order valence-corrected chi connectivity index (χ3v) is 6.68. The van der Waals surface area contributed by atoms with Crippen LogP contribution in [0.4, 0.5) is 10.5 Å². The molecule has 2 aromatic carbocycles. The molecule has 192 valence electrons. The molecular weight excluding hydrogens is 520 g/mol. The Bertz CT molecular complexity index is 1750. The quantitative estimate of drug-likeness (QED) is 0.143. The lowest BCUT2D eigenvalue weighted by Gasteiger charge is -2.11. The number of nitro groups is 1. The molecule has 2 aromatic heterocycles. The molecule has 0 saturated carbocycles. The number of benzene rings is 2. The van der Waals surface area contributed by atoms with Gasteiger partial charge in [-0.15, -0.1) is 0 Å². The number of imide groups is 1. The largest absolute Gasteiger partial charge is 0.495 e. The van der Waals surface area contributed by atoms with E-state index in [0.717, 1.165) is 23.1 Å². The molecule has 0 atom stereocenters. The number of carbonyl (C=O) groups excluding carboxylic acids is 3. The molecule has 4 aromatic rings. The number of hydrogen-bond donors (Lipinski definition) is 0. The molecule has 38 heavy (non-hydrogen) atoms. The molecule has 0 aliphatic carbocycles. The highest BCUT2D eigenvalue weighted by Gasteiger charge is 2.37. The first-order valence-corrected chi connectivity index (χ1v) is 11.7. The van der Waals surface area contributed by atoms with Crippen molar-refractivity contribution in [1.82, 2.24) is 4.90 Å². The lowest BCUT2D eigenvalue weighted by Crippen LogP contribution is -2.33. The van der Waals surface area contributed by atoms with Gasteiger partial charge in [-0.1, -0.05) is 0 Å². The Morgan fingerprint density at radius 1 is 1.08 bits per heavy atom. The average Bonchev–Trinajstić information content (AvgIpc) is 3.48. The van der Waals surface area contributed by atoms with Gasteiger partial charge in [-0.05, 0) is 30.0 Å². The van der Waals surface area contributed by atoms with Crippen LogP contribution >= 0.6 is 11.8 Å². The SMILES string of the molecule is COc1c2occc2c(OC)c2c(=O)cc(/C=C3\SC(=O)N(CC(=O)c4ccc([N+](=O)[O-])cc4)C3=O)oc12. The summed E-state index contributed by atoms with van der Waals surface area (Å²) in [6.45, 7) is -0.566. The average molecular weight is 536 g/mol. The summed E-state index contributed by atoms with van der Waals surface area (Å²) in [4.78, 5) is 62.0. The van der Waals surface area contributed by atoms with Crippen molar-refractivity contribution in [3.63, 3.8) is 0 Å². The molecule has 0 unspecified atom stereocenters. The summed E-state index contributed by atoms with van der Waals surface area (Å²) in [5, 5.41) is 10.7. The van der Waals surface area contributed by atoms with Gasteiger partial charge in [0.15, 0.2) is 22.4 Å². The van der Waals surface area contributed by atoms with Crippen molar-refractivity contribution < 1.29 is 37.6 Å². The molecule has 1 aliphatic heterocycles. The van der Waals surface area contributed by atoms with Crippen molar-refractivity contribution >= 4 is 62.4 Å². The highest BCUT2D eigenvalue weighted by molar-refractivity contribution is 8.18. The predicted octanol–water partition coefficient (Wildman–Crippen LogP) is 4.38. The molecule has 0 bridgehead atoms. The van der Waals surface area contributed by atoms with Crippen molar-refractivity contribution in [2.75, 3.05) is 20.8 Å². The van der Waals surface area contributed by atoms with Crippen molar-refractivity contribution in [2.24, 2.45) is 0 Å². The molecule has 12 nitrogen and oxygen atoms in total. The van der Waals surface area contributed by atoms with Gasteiger partial charge >= 0.3 is 0 Å². The fraction of sp³-hybridized carbons (Fsp3) is 0.120. The Labute approximate surface area is 216 Å². The van der Waals surface area contributed by atoms with Crippen LogP contribution in [-0.2, 0) is 4.79 Å². The van der Waals surface area contributed by atoms with E-state index >= 15 is 0 Å². The summed E-state index contributed by atoms with van der Waals surface area (Å²) in [5.74, 6) is -1.00. The van der Waals surface area contributed by atoms with Gasteiger partial charge in [-0.3, -0.25) is 34.2 Å². The second kappa shape index (κ2) is 9.52. The van der Waals surface area contributed by atoms with Crippen LogP contribution in [0.15, 0.2) is 61.2 Å². The van der Waals surface area contributed by atoms with Crippen LogP contribution in [0, 0.1) is 10.1 Å². The number of fused-ring (bicyclic) bond motifs is 2. The van der Waals surface area contributed by atoms with Crippen LogP contribution in [0.5, 0.6) is 11.5 Å². The number of furan rings is 1. The number of ketones is 1. The van der Waals surface area contributed by atoms with Gasteiger partial charge in [0.25, 0.3) is 16.8 Å². The lowest BCUT2D eigenvalue weighted by molar-refractivity contribution is -0.384. The zero-order valence-corrected chi connectivity index (χ0v) is 20.5. The van der Waals surface area contributed by atoms with Crippen LogP contribution in [-0.4, -0.2) is 47.5 Å². The van der Waals surface area contributed by atoms with E-state index in [1.165, 1.54) is 38.7 Å². The summed E-state index contributed by atoms with van der Waals surface area (Å²) in [5.41, 5.74) is -0.261. The lowest BCUT2D eigenvalue weighted by atomic mass is 10.1. The number of methoxy groups -OCH3 is 2. The Balaban J connectivity index is 1.48. The van der Waals surface area contributed by atoms with Gasteiger partial charge in [-0.2, -0.15) is 0 Å². The number of carbonyl (C=O) groups is 3. The standard InChI is InChI=1S/C25H16N2O10S/c1-34-20-15-7-8-36-21(15)23(35-2)22-19(20)16(28)9-14(37-22)10-18-24(30)26(25(31)38-18)11-17(29)12-3-5-13(6-4-12)27(32)33/h3-10H,11H2,1-2H3/b18-10-. The second-order valence-electron chi connectivity index (χ2n) is 7.94. The van der Waals surface area contributed by atoms with Crippen LogP contribution in [0.25, 0.3) is 28.0 Å². The minimum absolute atomic E-state index is 0.0260. The maximum Gasteiger partial charge on any atom is 0.293 e. The van der Waals surface area contributed by atoms with Crippen molar-refractivity contribution in [3.05, 3.63) is 79.2 Å². The summed E-state index contributed by atoms with van der Waals surface area (Å²) < 4.78 is 22.2. The maximum absolute atomic E-state index is 13.1. The van der Waals surface area contributed by atoms with Crippen molar-refractivity contribution in [1.29, 1.82) is 0 Å². The molecule has 1 saturated heterocycles. The molecule has 0 spiro atoms. The normalized spacial score (nSPS) is 14.6. The highest BCUT2D eigenvalue weighted by atomic mass is 32.2. The molecule has 1 fully saturated rings. The first-order valence-electron chi connectivity index (χ1n) is 10.9. The van der Waals surface area contributed by atoms with Gasteiger partial charge in [-0.25, -0.2) is 0 Å². The first kappa shape index (κ1) is 24.8. The topological polar surface area (TPSA) is 159 Å². The number of thioether (sulfide) groups is 1. The molecule has 0 radical (unpaired) electrons. The van der Waals surface area contributed by atoms with E-state index in [4.69, 9.17) is 18.3 Å². The van der Waals surface area contributed by atoms with Gasteiger partial charge in [0.05, 0.1) is 42.2 Å². The number of hydrogen-bond acceptors (Lipinski definition) is 11. The number of non-ortho nitro benzene ring substituents is 1. The van der Waals surface area contributed by atoms with E-state index in [1.807, 2.05) is 0 Å². The van der Waals surface area contributed by atoms with Crippen LogP contribution < -0.4 is 14.9 Å². The van der Waals surface area contributed by atoms with Gasteiger partial charge in [0.1, 0.15) is 16.9 Å². The zero-order valence-electron chi connectivity index (χ0n) is 19.7. The number of amides is 2. The third kappa shape index (κ3) is 4.08. The van der Waals surface area contributed by atoms with Gasteiger partial charge in [0.2, 0.25) is 5.75 Å². The monoisotopic (exact) mass is 536 g/mol. The Kier molecular flexibility index (Phi) is 6.20. The number of Topliss-reactive ketones (excluding diaryl/α,β-unsaturated/α-hetero) is 1. The third-order valence-electron chi connectivity index (χ3n) is 5.77. The molecule has 13 heteroatoms. The fourth-order valence-electron chi connectivity index (χ4n) is 4.03. The molecule has 1 aliphatic rings. The fourth-order valence-corrected chi connectivity index (χ4v) is 4.84. The van der Waals surface area contributed by atoms with E-state index in [-0.39, 0.29) is 44.4 Å². The summed E-state index contributed by atoms with van der Waals surface area (Å²) in [7, 11) is 2.78. The number of rotatable bonds is 7. The van der Waals surface area contributed by atoms with Crippen LogP contribution in [0.1, 0.15) is 16.1 Å². The molecule has 5 rings (SSSR count). The van der Waals surface area contributed by atoms with Crippen molar-refractivity contribution in [2.45, 2.75) is 0 Å². The summed E-state index contributed by atoms with van der Waals surface area (Å²) >= 11 is 0.573. The van der Waals surface area contributed by atoms with E-state index in [1.54, 1.807) is 6.07 Å². The summed E-state index contributed by atoms with van der Waals surface area (Å²) in [6, 6.07) is 7.57. The first-order chi connectivity index (χ1) is 18.2.